The van der Waals surface area contributed by atoms with Crippen LogP contribution >= 0.6 is 12.4 Å². The van der Waals surface area contributed by atoms with Crippen molar-refractivity contribution >= 4 is 35.8 Å². The second-order valence-corrected chi connectivity index (χ2v) is 4.97. The predicted octanol–water partition coefficient (Wildman–Crippen LogP) is 0.734. The maximum Gasteiger partial charge on any atom is 0.244 e. The molecule has 0 aliphatic carbocycles. The number of carbonyl (C=O) groups excluding carboxylic acids is 1. The third-order valence-electron chi connectivity index (χ3n) is 3.36. The van der Waals surface area contributed by atoms with Crippen molar-refractivity contribution in [1.29, 1.82) is 0 Å². The number of rotatable bonds is 5. The summed E-state index contributed by atoms with van der Waals surface area (Å²) >= 11 is 0. The van der Waals surface area contributed by atoms with E-state index in [0.717, 1.165) is 38.4 Å². The average Bonchev–Trinajstić information content (AvgIpc) is 2.49. The van der Waals surface area contributed by atoms with Gasteiger partial charge in [-0.1, -0.05) is 0 Å². The summed E-state index contributed by atoms with van der Waals surface area (Å²) in [5.74, 6) is -0.134. The third kappa shape index (κ3) is 5.93. The van der Waals surface area contributed by atoms with Crippen molar-refractivity contribution < 1.29 is 9.53 Å². The molecule has 1 amide bonds. The topological polar surface area (TPSA) is 93.6 Å². The number of nitrogens with one attached hydrogen (secondary N) is 1. The van der Waals surface area contributed by atoms with Gasteiger partial charge in [-0.3, -0.25) is 9.69 Å². The van der Waals surface area contributed by atoms with Gasteiger partial charge in [0.1, 0.15) is 0 Å². The van der Waals surface area contributed by atoms with Crippen LogP contribution in [0.5, 0.6) is 0 Å². The fourth-order valence-electron chi connectivity index (χ4n) is 2.12. The molecule has 2 rings (SSSR count). The van der Waals surface area contributed by atoms with Crippen LogP contribution in [0.15, 0.2) is 24.3 Å². The van der Waals surface area contributed by atoms with Crippen LogP contribution in [0.1, 0.15) is 5.56 Å². The number of hydrogen-bond donors (Lipinski definition) is 3. The van der Waals surface area contributed by atoms with Crippen LogP contribution in [0.3, 0.4) is 0 Å². The van der Waals surface area contributed by atoms with Gasteiger partial charge in [0.15, 0.2) is 0 Å². The van der Waals surface area contributed by atoms with E-state index in [2.05, 4.69) is 10.2 Å². The number of ether oxygens (including phenoxy) is 1. The Morgan fingerprint density at radius 3 is 2.77 bits per heavy atom. The van der Waals surface area contributed by atoms with Crippen molar-refractivity contribution in [2.75, 3.05) is 50.9 Å². The second-order valence-electron chi connectivity index (χ2n) is 4.97. The molecule has 1 heterocycles. The van der Waals surface area contributed by atoms with Gasteiger partial charge in [0, 0.05) is 43.6 Å². The van der Waals surface area contributed by atoms with Gasteiger partial charge in [-0.2, -0.15) is 0 Å². The van der Waals surface area contributed by atoms with Gasteiger partial charge >= 0.3 is 0 Å². The van der Waals surface area contributed by atoms with Gasteiger partial charge in [0.05, 0.1) is 13.2 Å². The first-order chi connectivity index (χ1) is 10.1. The van der Waals surface area contributed by atoms with Gasteiger partial charge in [-0.05, 0) is 29.8 Å². The van der Waals surface area contributed by atoms with E-state index in [1.807, 2.05) is 0 Å². The molecule has 0 spiro atoms. The minimum atomic E-state index is -0.134. The van der Waals surface area contributed by atoms with E-state index in [1.165, 1.54) is 6.08 Å². The average molecular weight is 327 g/mol. The number of benzene rings is 1. The lowest BCUT2D eigenvalue weighted by Crippen LogP contribution is -2.41. The first-order valence-corrected chi connectivity index (χ1v) is 7.06. The fraction of sp³-hybridized carbons (Fsp3) is 0.400. The number of nitrogen functional groups attached to an aromatic ring is 2. The highest BCUT2D eigenvalue weighted by Crippen LogP contribution is 2.16. The van der Waals surface area contributed by atoms with Crippen LogP contribution < -0.4 is 16.8 Å². The number of nitrogens with zero attached hydrogens (tertiary/aromatic N) is 1. The molecule has 7 heteroatoms. The lowest BCUT2D eigenvalue weighted by Gasteiger charge is -2.26. The van der Waals surface area contributed by atoms with Crippen molar-refractivity contribution in [2.45, 2.75) is 0 Å². The predicted molar refractivity (Wildman–Crippen MR) is 91.8 cm³/mol. The molecule has 5 N–H and O–H groups in total. The molecule has 0 bridgehead atoms. The zero-order valence-corrected chi connectivity index (χ0v) is 13.3. The highest BCUT2D eigenvalue weighted by Gasteiger charge is 2.09. The number of halogens is 1. The lowest BCUT2D eigenvalue weighted by molar-refractivity contribution is -0.116. The molecule has 1 aromatic carbocycles. The molecule has 0 saturated carbocycles. The first-order valence-electron chi connectivity index (χ1n) is 7.06. The third-order valence-corrected chi connectivity index (χ3v) is 3.36. The Labute approximate surface area is 136 Å². The summed E-state index contributed by atoms with van der Waals surface area (Å²) < 4.78 is 5.27. The monoisotopic (exact) mass is 326 g/mol. The molecular weight excluding hydrogens is 304 g/mol. The minimum absolute atomic E-state index is 0. The van der Waals surface area contributed by atoms with E-state index in [1.54, 1.807) is 24.3 Å². The second kappa shape index (κ2) is 9.30. The lowest BCUT2D eigenvalue weighted by atomic mass is 10.1. The number of hydrogen-bond acceptors (Lipinski definition) is 5. The van der Waals surface area contributed by atoms with E-state index in [9.17, 15) is 4.79 Å². The summed E-state index contributed by atoms with van der Waals surface area (Å²) in [5.41, 5.74) is 13.5. The van der Waals surface area contributed by atoms with Crippen molar-refractivity contribution in [3.8, 4) is 0 Å². The number of anilines is 2. The van der Waals surface area contributed by atoms with Gasteiger partial charge in [-0.25, -0.2) is 0 Å². The maximum absolute atomic E-state index is 11.7. The highest BCUT2D eigenvalue weighted by molar-refractivity contribution is 5.92. The van der Waals surface area contributed by atoms with Crippen molar-refractivity contribution in [3.05, 3.63) is 29.8 Å². The molecule has 122 valence electrons. The Morgan fingerprint density at radius 1 is 1.32 bits per heavy atom. The van der Waals surface area contributed by atoms with E-state index >= 15 is 0 Å². The summed E-state index contributed by atoms with van der Waals surface area (Å²) in [7, 11) is 0. The molecule has 1 aromatic rings. The maximum atomic E-state index is 11.7. The van der Waals surface area contributed by atoms with Crippen LogP contribution in [-0.4, -0.2) is 50.2 Å². The summed E-state index contributed by atoms with van der Waals surface area (Å²) in [6.45, 7) is 4.83. The first kappa shape index (κ1) is 18.3. The van der Waals surface area contributed by atoms with Crippen molar-refractivity contribution in [2.24, 2.45) is 0 Å². The van der Waals surface area contributed by atoms with Gasteiger partial charge in [-0.15, -0.1) is 12.4 Å². The Morgan fingerprint density at radius 2 is 2.05 bits per heavy atom. The Hall–Kier alpha value is -1.76. The van der Waals surface area contributed by atoms with Crippen LogP contribution in [0.25, 0.3) is 6.08 Å². The van der Waals surface area contributed by atoms with Crippen molar-refractivity contribution in [1.82, 2.24) is 10.2 Å². The summed E-state index contributed by atoms with van der Waals surface area (Å²) in [5, 5.41) is 2.85. The molecule has 0 aromatic heterocycles. The summed E-state index contributed by atoms with van der Waals surface area (Å²) in [6, 6.07) is 5.20. The van der Waals surface area contributed by atoms with E-state index < -0.39 is 0 Å². The van der Waals surface area contributed by atoms with E-state index in [4.69, 9.17) is 16.2 Å². The van der Waals surface area contributed by atoms with Gasteiger partial charge in [0.2, 0.25) is 5.91 Å². The smallest absolute Gasteiger partial charge is 0.244 e. The zero-order chi connectivity index (χ0) is 15.1. The molecule has 22 heavy (non-hydrogen) atoms. The molecule has 0 atom stereocenters. The van der Waals surface area contributed by atoms with Crippen LogP contribution in [0.2, 0.25) is 0 Å². The van der Waals surface area contributed by atoms with Crippen LogP contribution in [0, 0.1) is 0 Å². The van der Waals surface area contributed by atoms with Gasteiger partial charge < -0.3 is 21.5 Å². The number of morpholine rings is 1. The fourth-order valence-corrected chi connectivity index (χ4v) is 2.12. The quantitative estimate of drug-likeness (QED) is 0.548. The van der Waals surface area contributed by atoms with E-state index in [-0.39, 0.29) is 18.3 Å². The highest BCUT2D eigenvalue weighted by atomic mass is 35.5. The van der Waals surface area contributed by atoms with Crippen LogP contribution in [-0.2, 0) is 9.53 Å². The number of nitrogens with two attached hydrogens (primary N) is 2. The van der Waals surface area contributed by atoms with E-state index in [0.29, 0.717) is 17.9 Å². The zero-order valence-electron chi connectivity index (χ0n) is 12.5. The molecule has 6 nitrogen and oxygen atoms in total. The molecular formula is C15H23ClN4O2. The van der Waals surface area contributed by atoms with Crippen molar-refractivity contribution in [3.63, 3.8) is 0 Å². The normalized spacial score (nSPS) is 15.5. The molecule has 1 saturated heterocycles. The molecule has 0 unspecified atom stereocenters. The number of carbonyl (C=O) groups is 1. The summed E-state index contributed by atoms with van der Waals surface area (Å²) in [4.78, 5) is 14.0. The molecule has 1 fully saturated rings. The Bertz CT molecular complexity index is 516. The molecule has 1 aliphatic rings. The largest absolute Gasteiger partial charge is 0.399 e. The Kier molecular flexibility index (Phi) is 7.73. The molecule has 1 aliphatic heterocycles. The number of amides is 1. The van der Waals surface area contributed by atoms with Crippen LogP contribution in [0.4, 0.5) is 11.4 Å². The minimum Gasteiger partial charge on any atom is -0.399 e. The summed E-state index contributed by atoms with van der Waals surface area (Å²) in [6.07, 6.45) is 3.15. The SMILES string of the molecule is Cl.Nc1ccc(N)c(C=CC(=O)NCCN2CCOCC2)c1. The Balaban J connectivity index is 0.00000242. The van der Waals surface area contributed by atoms with Gasteiger partial charge in [0.25, 0.3) is 0 Å². The molecule has 0 radical (unpaired) electrons. The standard InChI is InChI=1S/C15H22N4O2.ClH/c16-13-2-3-14(17)12(11-13)1-4-15(20)18-5-6-19-7-9-21-10-8-19;/h1-4,11H,5-10,16-17H2,(H,18,20);1H.